The Hall–Kier alpha value is -6.34. The maximum Gasteiger partial charge on any atom is 0.227 e. The van der Waals surface area contributed by atoms with Crippen molar-refractivity contribution in [2.75, 3.05) is 10.6 Å². The molecule has 0 spiro atoms. The summed E-state index contributed by atoms with van der Waals surface area (Å²) >= 11 is 6.20. The Balaban J connectivity index is 1.43. The number of hydrogen-bond donors (Lipinski definition) is 3. The van der Waals surface area contributed by atoms with Gasteiger partial charge >= 0.3 is 0 Å². The van der Waals surface area contributed by atoms with Crippen LogP contribution in [-0.4, -0.2) is 31.6 Å². The molecule has 1 aliphatic carbocycles. The second kappa shape index (κ2) is 17.6. The fourth-order valence-electron chi connectivity index (χ4n) is 4.09. The molecule has 0 bridgehead atoms. The van der Waals surface area contributed by atoms with Crippen LogP contribution in [0, 0.1) is 107 Å². The topological polar surface area (TPSA) is 93.7 Å². The minimum atomic E-state index is 0.0378. The van der Waals surface area contributed by atoms with Crippen LogP contribution in [0.4, 0.5) is 17.5 Å². The van der Waals surface area contributed by atoms with E-state index in [0.29, 0.717) is 34.5 Å². The SMILES string of the molecule is CC#CC#CC#CC#CC#CC#CC#CC#CC#CCn1cnc2c(Nc3cccc(Cl)c3)nc(N[C@@H]3CCCC[C@@H]3N)nc21. The molecule has 4 N–H and O–H groups in total. The molecule has 7 nitrogen and oxygen atoms in total. The molecule has 3 aromatic rings. The largest absolute Gasteiger partial charge is 0.350 e. The van der Waals surface area contributed by atoms with E-state index in [9.17, 15) is 0 Å². The molecule has 0 radical (unpaired) electrons. The molecule has 1 aromatic carbocycles. The first-order chi connectivity index (χ1) is 22.1. The van der Waals surface area contributed by atoms with E-state index in [-0.39, 0.29) is 12.1 Å². The van der Waals surface area contributed by atoms with Gasteiger partial charge in [0.05, 0.1) is 12.9 Å². The lowest BCUT2D eigenvalue weighted by molar-refractivity contribution is 0.402. The van der Waals surface area contributed by atoms with Crippen LogP contribution in [0.25, 0.3) is 11.2 Å². The van der Waals surface area contributed by atoms with Gasteiger partial charge in [-0.2, -0.15) is 9.97 Å². The number of fused-ring (bicyclic) bond motifs is 1. The lowest BCUT2D eigenvalue weighted by atomic mass is 9.91. The van der Waals surface area contributed by atoms with Gasteiger partial charge in [-0.3, -0.25) is 0 Å². The van der Waals surface area contributed by atoms with Gasteiger partial charge in [0, 0.05) is 22.8 Å². The van der Waals surface area contributed by atoms with Crippen LogP contribution in [0.3, 0.4) is 0 Å². The van der Waals surface area contributed by atoms with Crippen LogP contribution in [0.2, 0.25) is 5.02 Å². The monoisotopic (exact) mass is 601 g/mol. The predicted molar refractivity (Wildman–Crippen MR) is 180 cm³/mol. The van der Waals surface area contributed by atoms with E-state index in [1.165, 1.54) is 0 Å². The Morgan fingerprint density at radius 2 is 1.47 bits per heavy atom. The molecule has 0 unspecified atom stereocenters. The van der Waals surface area contributed by atoms with Crippen molar-refractivity contribution in [1.82, 2.24) is 19.5 Å². The van der Waals surface area contributed by atoms with E-state index >= 15 is 0 Å². The summed E-state index contributed by atoms with van der Waals surface area (Å²) in [6.45, 7) is 2.01. The molecule has 0 amide bonds. The zero-order chi connectivity index (χ0) is 31.5. The Kier molecular flexibility index (Phi) is 12.3. The third-order valence-corrected chi connectivity index (χ3v) is 6.32. The smallest absolute Gasteiger partial charge is 0.227 e. The van der Waals surface area contributed by atoms with Gasteiger partial charge in [-0.1, -0.05) is 42.3 Å². The van der Waals surface area contributed by atoms with E-state index < -0.39 is 0 Å². The van der Waals surface area contributed by atoms with Crippen LogP contribution in [0.15, 0.2) is 30.6 Å². The summed E-state index contributed by atoms with van der Waals surface area (Å²) in [4.78, 5) is 14.0. The zero-order valence-electron chi connectivity index (χ0n) is 24.3. The molecule has 2 aromatic heterocycles. The predicted octanol–water partition coefficient (Wildman–Crippen LogP) is 3.96. The van der Waals surface area contributed by atoms with Gasteiger partial charge < -0.3 is 20.9 Å². The number of nitrogens with two attached hydrogens (primary N) is 1. The van der Waals surface area contributed by atoms with Crippen LogP contribution in [0.5, 0.6) is 0 Å². The highest BCUT2D eigenvalue weighted by Crippen LogP contribution is 2.27. The van der Waals surface area contributed by atoms with Crippen molar-refractivity contribution in [3.63, 3.8) is 0 Å². The van der Waals surface area contributed by atoms with Gasteiger partial charge in [0.1, 0.15) is 0 Å². The molecule has 4 rings (SSSR count). The van der Waals surface area contributed by atoms with E-state index in [4.69, 9.17) is 27.3 Å². The summed E-state index contributed by atoms with van der Waals surface area (Å²) in [7, 11) is 0. The molecule has 0 aliphatic heterocycles. The number of aromatic nitrogens is 4. The maximum absolute atomic E-state index is 6.37. The standard InChI is InChI=1S/C37H24ClN7/c1-2-3-4-5-6-7-8-9-10-11-12-13-14-15-16-17-18-21-27-45-29-40-34-35(41-31-24-22-23-30(38)28-31)43-37(44-36(34)45)42-33-26-20-19-25-32(33)39/h22-24,28-29,32-33H,19-20,25-27,39H2,1H3,(H2,41,42,43,44)/t32-,33+/m0/s1. The minimum Gasteiger partial charge on any atom is -0.350 e. The van der Waals surface area contributed by atoms with Crippen LogP contribution < -0.4 is 16.4 Å². The highest BCUT2D eigenvalue weighted by Gasteiger charge is 2.23. The number of nitrogens with zero attached hydrogens (tertiary/aromatic N) is 4. The summed E-state index contributed by atoms with van der Waals surface area (Å²) in [6.07, 6.45) is 5.83. The molecular formula is C37H24ClN7. The average molecular weight is 602 g/mol. The van der Waals surface area contributed by atoms with Crippen molar-refractivity contribution < 1.29 is 0 Å². The molecular weight excluding hydrogens is 578 g/mol. The van der Waals surface area contributed by atoms with Crippen molar-refractivity contribution >= 4 is 40.2 Å². The van der Waals surface area contributed by atoms with Gasteiger partial charge in [0.15, 0.2) is 17.0 Å². The van der Waals surface area contributed by atoms with E-state index in [2.05, 4.69) is 122 Å². The first-order valence-electron chi connectivity index (χ1n) is 13.8. The number of rotatable bonds is 5. The van der Waals surface area contributed by atoms with Crippen LogP contribution in [-0.2, 0) is 6.54 Å². The molecule has 1 fully saturated rings. The van der Waals surface area contributed by atoms with Crippen molar-refractivity contribution in [3.8, 4) is 107 Å². The fraction of sp³-hybridized carbons (Fsp3) is 0.216. The van der Waals surface area contributed by atoms with E-state index in [0.717, 1.165) is 31.4 Å². The Morgan fingerprint density at radius 1 is 0.844 bits per heavy atom. The van der Waals surface area contributed by atoms with Gasteiger partial charge in [-0.15, -0.1) is 0 Å². The van der Waals surface area contributed by atoms with Crippen molar-refractivity contribution in [2.45, 2.75) is 51.2 Å². The van der Waals surface area contributed by atoms with Gasteiger partial charge in [-0.05, 0) is 133 Å². The molecule has 2 heterocycles. The third-order valence-electron chi connectivity index (χ3n) is 6.09. The summed E-state index contributed by atoms with van der Waals surface area (Å²) in [5.74, 6) is 48.1. The number of hydrogen-bond acceptors (Lipinski definition) is 6. The van der Waals surface area contributed by atoms with Gasteiger partial charge in [-0.25, -0.2) is 4.98 Å². The normalized spacial score (nSPS) is 13.6. The summed E-state index contributed by atoms with van der Waals surface area (Å²) < 4.78 is 1.83. The zero-order valence-corrected chi connectivity index (χ0v) is 25.1. The van der Waals surface area contributed by atoms with Crippen molar-refractivity contribution in [2.24, 2.45) is 5.73 Å². The highest BCUT2D eigenvalue weighted by molar-refractivity contribution is 6.30. The summed E-state index contributed by atoms with van der Waals surface area (Å²) in [5.41, 5.74) is 8.37. The molecule has 2 atom stereocenters. The van der Waals surface area contributed by atoms with Crippen molar-refractivity contribution in [1.29, 1.82) is 0 Å². The quantitative estimate of drug-likeness (QED) is 0.384. The first-order valence-corrected chi connectivity index (χ1v) is 14.2. The second-order valence-corrected chi connectivity index (χ2v) is 9.64. The van der Waals surface area contributed by atoms with E-state index in [1.807, 2.05) is 28.8 Å². The summed E-state index contributed by atoms with van der Waals surface area (Å²) in [6, 6.07) is 7.52. The molecule has 214 valence electrons. The number of nitrogens with one attached hydrogen (secondary N) is 2. The lowest BCUT2D eigenvalue weighted by Gasteiger charge is -2.29. The number of benzene rings is 1. The van der Waals surface area contributed by atoms with Gasteiger partial charge in [0.25, 0.3) is 0 Å². The van der Waals surface area contributed by atoms with Crippen LogP contribution >= 0.6 is 11.6 Å². The maximum atomic E-state index is 6.37. The van der Waals surface area contributed by atoms with E-state index in [1.54, 1.807) is 13.3 Å². The first kappa shape index (κ1) is 31.6. The second-order valence-electron chi connectivity index (χ2n) is 9.20. The van der Waals surface area contributed by atoms with Crippen molar-refractivity contribution in [3.05, 3.63) is 35.6 Å². The third kappa shape index (κ3) is 10.5. The van der Waals surface area contributed by atoms with Crippen LogP contribution in [0.1, 0.15) is 32.6 Å². The highest BCUT2D eigenvalue weighted by atomic mass is 35.5. The lowest BCUT2D eigenvalue weighted by Crippen LogP contribution is -2.43. The number of anilines is 3. The number of halogens is 1. The Labute approximate surface area is 268 Å². The molecule has 45 heavy (non-hydrogen) atoms. The Morgan fingerprint density at radius 3 is 2.09 bits per heavy atom. The molecule has 0 saturated heterocycles. The average Bonchev–Trinajstić information content (AvgIpc) is 3.44. The minimum absolute atomic E-state index is 0.0378. The summed E-state index contributed by atoms with van der Waals surface area (Å²) in [5, 5.41) is 7.37. The fourth-order valence-corrected chi connectivity index (χ4v) is 4.28. The number of imidazole rings is 1. The molecule has 1 aliphatic rings. The Bertz CT molecular complexity index is 2160. The molecule has 1 saturated carbocycles. The van der Waals surface area contributed by atoms with Gasteiger partial charge in [0.2, 0.25) is 5.95 Å². The molecule has 8 heteroatoms.